The molecule has 0 heterocycles. The van der Waals surface area contributed by atoms with Gasteiger partial charge in [-0.1, -0.05) is 42.5 Å². The van der Waals surface area contributed by atoms with Crippen molar-refractivity contribution in [2.75, 3.05) is 0 Å². The predicted octanol–water partition coefficient (Wildman–Crippen LogP) is 2.85. The molecule has 2 heteroatoms. The van der Waals surface area contributed by atoms with E-state index in [0.717, 1.165) is 11.1 Å². The Kier molecular flexibility index (Phi) is 2.56. The normalized spacial score (nSPS) is 14.4. The third-order valence-electron chi connectivity index (χ3n) is 3.23. The lowest BCUT2D eigenvalue weighted by Gasteiger charge is -2.09. The summed E-state index contributed by atoms with van der Waals surface area (Å²) in [5.74, 6) is 0.118. The molecule has 0 atom stereocenters. The lowest BCUT2D eigenvalue weighted by Crippen LogP contribution is -2.10. The van der Waals surface area contributed by atoms with Crippen LogP contribution in [-0.2, 0) is 12.8 Å². The average Bonchev–Trinajstić information content (AvgIpc) is 2.38. The molecular weight excluding hydrogens is 224 g/mol. The molecule has 0 aromatic heterocycles. The number of benzene rings is 2. The standard InChI is InChI=1S/C16H12O2/c17-15-8-11-3-1-4-12(7-11)9-16(18)14-6-2-5-13(15)10-14/h1-7,10H,8-9H2. The van der Waals surface area contributed by atoms with E-state index in [2.05, 4.69) is 0 Å². The third kappa shape index (κ3) is 1.97. The monoisotopic (exact) mass is 236 g/mol. The summed E-state index contributed by atoms with van der Waals surface area (Å²) < 4.78 is 0. The van der Waals surface area contributed by atoms with Crippen molar-refractivity contribution in [3.63, 3.8) is 0 Å². The molecule has 4 bridgehead atoms. The maximum atomic E-state index is 12.1. The molecule has 18 heavy (non-hydrogen) atoms. The van der Waals surface area contributed by atoms with Gasteiger partial charge in [0.1, 0.15) is 0 Å². The molecule has 3 rings (SSSR count). The van der Waals surface area contributed by atoms with Gasteiger partial charge in [-0.05, 0) is 17.2 Å². The quantitative estimate of drug-likeness (QED) is 0.704. The number of Topliss-reactive ketones (excluding diaryl/α,β-unsaturated/α-hetero) is 2. The predicted molar refractivity (Wildman–Crippen MR) is 69.0 cm³/mol. The molecule has 0 aliphatic heterocycles. The molecule has 0 amide bonds. The molecule has 1 aliphatic rings. The van der Waals surface area contributed by atoms with Crippen LogP contribution in [0.15, 0.2) is 48.5 Å². The number of ketones is 2. The van der Waals surface area contributed by atoms with Gasteiger partial charge in [0.2, 0.25) is 0 Å². The van der Waals surface area contributed by atoms with Gasteiger partial charge in [0.05, 0.1) is 0 Å². The molecule has 1 aliphatic carbocycles. The number of hydrogen-bond acceptors (Lipinski definition) is 2. The third-order valence-corrected chi connectivity index (χ3v) is 3.23. The van der Waals surface area contributed by atoms with Crippen molar-refractivity contribution in [2.24, 2.45) is 0 Å². The minimum Gasteiger partial charge on any atom is -0.294 e. The molecule has 2 nitrogen and oxygen atoms in total. The molecule has 0 saturated heterocycles. The Morgan fingerprint density at radius 2 is 1.17 bits per heavy atom. The topological polar surface area (TPSA) is 34.1 Å². The van der Waals surface area contributed by atoms with E-state index in [1.807, 2.05) is 24.3 Å². The van der Waals surface area contributed by atoms with Crippen molar-refractivity contribution < 1.29 is 9.59 Å². The Labute approximate surface area is 105 Å². The summed E-state index contributed by atoms with van der Waals surface area (Å²) in [7, 11) is 0. The summed E-state index contributed by atoms with van der Waals surface area (Å²) >= 11 is 0. The first-order chi connectivity index (χ1) is 8.72. The van der Waals surface area contributed by atoms with Crippen molar-refractivity contribution in [1.82, 2.24) is 0 Å². The fraction of sp³-hybridized carbons (Fsp3) is 0.125. The van der Waals surface area contributed by atoms with Crippen molar-refractivity contribution in [3.8, 4) is 0 Å². The van der Waals surface area contributed by atoms with Crippen LogP contribution in [0.3, 0.4) is 0 Å². The minimum absolute atomic E-state index is 0.0590. The second kappa shape index (κ2) is 4.22. The second-order valence-electron chi connectivity index (χ2n) is 4.60. The molecule has 2 aromatic rings. The number of carbonyl (C=O) groups excluding carboxylic acids is 2. The van der Waals surface area contributed by atoms with E-state index in [9.17, 15) is 9.59 Å². The Bertz CT molecular complexity index is 593. The molecule has 2 aromatic carbocycles. The van der Waals surface area contributed by atoms with Crippen LogP contribution in [0.2, 0.25) is 0 Å². The zero-order valence-electron chi connectivity index (χ0n) is 9.85. The van der Waals surface area contributed by atoms with Crippen LogP contribution >= 0.6 is 0 Å². The van der Waals surface area contributed by atoms with Crippen LogP contribution in [0.5, 0.6) is 0 Å². The van der Waals surface area contributed by atoms with Crippen LogP contribution in [0.4, 0.5) is 0 Å². The van der Waals surface area contributed by atoms with E-state index in [1.165, 1.54) is 0 Å². The van der Waals surface area contributed by atoms with E-state index in [4.69, 9.17) is 0 Å². The number of carbonyl (C=O) groups is 2. The smallest absolute Gasteiger partial charge is 0.167 e. The summed E-state index contributed by atoms with van der Waals surface area (Å²) in [5.41, 5.74) is 3.18. The maximum absolute atomic E-state index is 12.1. The minimum atomic E-state index is 0.0590. The van der Waals surface area contributed by atoms with Crippen LogP contribution in [0.1, 0.15) is 31.8 Å². The van der Waals surface area contributed by atoms with Gasteiger partial charge >= 0.3 is 0 Å². The first-order valence-corrected chi connectivity index (χ1v) is 5.97. The Morgan fingerprint density at radius 3 is 1.72 bits per heavy atom. The first-order valence-electron chi connectivity index (χ1n) is 5.97. The number of fused-ring (bicyclic) bond motifs is 4. The lowest BCUT2D eigenvalue weighted by molar-refractivity contribution is 0.0992. The van der Waals surface area contributed by atoms with Crippen molar-refractivity contribution in [1.29, 1.82) is 0 Å². The van der Waals surface area contributed by atoms with Gasteiger partial charge in [0, 0.05) is 24.0 Å². The SMILES string of the molecule is O=C1Cc2cccc(c2)CC(=O)c2cccc1c2. The zero-order chi connectivity index (χ0) is 12.5. The molecule has 0 N–H and O–H groups in total. The molecule has 0 fully saturated rings. The van der Waals surface area contributed by atoms with Gasteiger partial charge in [-0.25, -0.2) is 0 Å². The summed E-state index contributed by atoms with van der Waals surface area (Å²) in [4.78, 5) is 24.2. The van der Waals surface area contributed by atoms with Crippen LogP contribution in [0.25, 0.3) is 0 Å². The van der Waals surface area contributed by atoms with E-state index < -0.39 is 0 Å². The summed E-state index contributed by atoms with van der Waals surface area (Å²) in [6.07, 6.45) is 0.789. The molecule has 0 spiro atoms. The van der Waals surface area contributed by atoms with E-state index >= 15 is 0 Å². The highest BCUT2D eigenvalue weighted by molar-refractivity contribution is 6.03. The number of hydrogen-bond donors (Lipinski definition) is 0. The second-order valence-corrected chi connectivity index (χ2v) is 4.60. The van der Waals surface area contributed by atoms with E-state index in [1.54, 1.807) is 24.3 Å². The maximum Gasteiger partial charge on any atom is 0.167 e. The highest BCUT2D eigenvalue weighted by atomic mass is 16.1. The van der Waals surface area contributed by atoms with Crippen LogP contribution in [0, 0.1) is 0 Å². The zero-order valence-corrected chi connectivity index (χ0v) is 9.85. The van der Waals surface area contributed by atoms with Gasteiger partial charge in [-0.15, -0.1) is 0 Å². The fourth-order valence-corrected chi connectivity index (χ4v) is 2.29. The van der Waals surface area contributed by atoms with Gasteiger partial charge in [0.15, 0.2) is 11.6 Å². The summed E-state index contributed by atoms with van der Waals surface area (Å²) in [6, 6.07) is 14.7. The average molecular weight is 236 g/mol. The Balaban J connectivity index is 2.14. The van der Waals surface area contributed by atoms with Gasteiger partial charge in [-0.2, -0.15) is 0 Å². The first kappa shape index (κ1) is 10.9. The molecule has 88 valence electrons. The van der Waals surface area contributed by atoms with E-state index in [-0.39, 0.29) is 11.6 Å². The van der Waals surface area contributed by atoms with Crippen molar-refractivity contribution in [2.45, 2.75) is 12.8 Å². The largest absolute Gasteiger partial charge is 0.294 e. The highest BCUT2D eigenvalue weighted by Crippen LogP contribution is 2.16. The Morgan fingerprint density at radius 1 is 0.667 bits per heavy atom. The molecule has 0 unspecified atom stereocenters. The van der Waals surface area contributed by atoms with Crippen LogP contribution in [-0.4, -0.2) is 11.6 Å². The fourth-order valence-electron chi connectivity index (χ4n) is 2.29. The summed E-state index contributed by atoms with van der Waals surface area (Å²) in [5, 5.41) is 0. The molecular formula is C16H12O2. The number of rotatable bonds is 0. The summed E-state index contributed by atoms with van der Waals surface area (Å²) in [6.45, 7) is 0. The molecule has 0 radical (unpaired) electrons. The Hall–Kier alpha value is -2.22. The van der Waals surface area contributed by atoms with Gasteiger partial charge in [0.25, 0.3) is 0 Å². The highest BCUT2D eigenvalue weighted by Gasteiger charge is 2.14. The van der Waals surface area contributed by atoms with Gasteiger partial charge in [-0.3, -0.25) is 9.59 Å². The van der Waals surface area contributed by atoms with E-state index in [0.29, 0.717) is 24.0 Å². The lowest BCUT2D eigenvalue weighted by atomic mass is 9.94. The van der Waals surface area contributed by atoms with Crippen molar-refractivity contribution >= 4 is 11.6 Å². The van der Waals surface area contributed by atoms with Crippen LogP contribution < -0.4 is 0 Å². The van der Waals surface area contributed by atoms with Gasteiger partial charge < -0.3 is 0 Å². The molecule has 0 saturated carbocycles. The van der Waals surface area contributed by atoms with Crippen molar-refractivity contribution in [3.05, 3.63) is 70.8 Å².